The number of benzene rings is 1. The van der Waals surface area contributed by atoms with Crippen molar-refractivity contribution >= 4 is 29.1 Å². The third kappa shape index (κ3) is 3.74. The van der Waals surface area contributed by atoms with Gasteiger partial charge in [-0.2, -0.15) is 0 Å². The van der Waals surface area contributed by atoms with Crippen LogP contribution in [0.1, 0.15) is 10.5 Å². The van der Waals surface area contributed by atoms with Gasteiger partial charge in [-0.3, -0.25) is 4.79 Å². The zero-order chi connectivity index (χ0) is 16.9. The highest BCUT2D eigenvalue weighted by Gasteiger charge is 2.19. The number of rotatable bonds is 4. The maximum atomic E-state index is 12.5. The van der Waals surface area contributed by atoms with E-state index in [1.807, 2.05) is 4.90 Å². The maximum absolute atomic E-state index is 12.5. The number of carbonyl (C=O) groups excluding carboxylic acids is 1. The number of hydrogen-bond donors (Lipinski definition) is 1. The number of ether oxygens (including phenoxy) is 2. The van der Waals surface area contributed by atoms with Crippen molar-refractivity contribution in [2.24, 2.45) is 0 Å². The van der Waals surface area contributed by atoms with Crippen LogP contribution in [-0.2, 0) is 4.74 Å². The number of aromatic nitrogens is 2. The van der Waals surface area contributed by atoms with E-state index in [-0.39, 0.29) is 10.7 Å². The Balaban J connectivity index is 1.80. The highest BCUT2D eigenvalue weighted by Crippen LogP contribution is 2.21. The molecular formula is C16H17ClN4O3. The van der Waals surface area contributed by atoms with Crippen molar-refractivity contribution in [2.45, 2.75) is 0 Å². The monoisotopic (exact) mass is 348 g/mol. The third-order valence-corrected chi connectivity index (χ3v) is 3.84. The van der Waals surface area contributed by atoms with Crippen molar-refractivity contribution < 1.29 is 14.3 Å². The first-order valence-corrected chi connectivity index (χ1v) is 7.86. The molecule has 1 aliphatic rings. The van der Waals surface area contributed by atoms with Crippen LogP contribution >= 0.6 is 11.6 Å². The van der Waals surface area contributed by atoms with Crippen LogP contribution in [-0.4, -0.2) is 49.3 Å². The zero-order valence-electron chi connectivity index (χ0n) is 13.2. The van der Waals surface area contributed by atoms with E-state index in [0.29, 0.717) is 43.7 Å². The van der Waals surface area contributed by atoms with Gasteiger partial charge >= 0.3 is 0 Å². The topological polar surface area (TPSA) is 76.6 Å². The molecule has 0 bridgehead atoms. The Kier molecular flexibility index (Phi) is 5.12. The van der Waals surface area contributed by atoms with Gasteiger partial charge in [0.05, 0.1) is 31.5 Å². The molecule has 0 saturated carbocycles. The number of nitrogens with one attached hydrogen (secondary N) is 1. The molecule has 3 rings (SSSR count). The van der Waals surface area contributed by atoms with E-state index in [1.165, 1.54) is 6.20 Å². The minimum Gasteiger partial charge on any atom is -0.497 e. The highest BCUT2D eigenvalue weighted by molar-refractivity contribution is 6.34. The minimum atomic E-state index is -0.398. The normalized spacial score (nSPS) is 14.3. The Hall–Kier alpha value is -2.38. The van der Waals surface area contributed by atoms with E-state index in [1.54, 1.807) is 31.4 Å². The summed E-state index contributed by atoms with van der Waals surface area (Å²) in [6, 6.07) is 7.06. The van der Waals surface area contributed by atoms with Crippen molar-refractivity contribution in [3.63, 3.8) is 0 Å². The number of carbonyl (C=O) groups is 1. The average molecular weight is 349 g/mol. The molecule has 1 aromatic carbocycles. The largest absolute Gasteiger partial charge is 0.497 e. The Morgan fingerprint density at radius 2 is 2.17 bits per heavy atom. The molecule has 1 N–H and O–H groups in total. The summed E-state index contributed by atoms with van der Waals surface area (Å²) in [6.45, 7) is 2.58. The summed E-state index contributed by atoms with van der Waals surface area (Å²) in [5, 5.41) is 2.97. The number of halogens is 1. The minimum absolute atomic E-state index is 0.135. The Morgan fingerprint density at radius 3 is 2.92 bits per heavy atom. The van der Waals surface area contributed by atoms with Gasteiger partial charge in [-0.05, 0) is 12.1 Å². The second kappa shape index (κ2) is 7.46. The van der Waals surface area contributed by atoms with Gasteiger partial charge in [0, 0.05) is 24.8 Å². The number of hydrogen-bond acceptors (Lipinski definition) is 6. The summed E-state index contributed by atoms with van der Waals surface area (Å²) in [4.78, 5) is 23.0. The van der Waals surface area contributed by atoms with Crippen LogP contribution in [0, 0.1) is 0 Å². The van der Waals surface area contributed by atoms with E-state index in [0.717, 1.165) is 0 Å². The van der Waals surface area contributed by atoms with Gasteiger partial charge < -0.3 is 19.7 Å². The Labute approximate surface area is 144 Å². The van der Waals surface area contributed by atoms with Gasteiger partial charge in [-0.15, -0.1) is 0 Å². The lowest BCUT2D eigenvalue weighted by Gasteiger charge is -2.26. The van der Waals surface area contributed by atoms with Gasteiger partial charge in [0.25, 0.3) is 5.91 Å². The molecule has 1 aliphatic heterocycles. The molecule has 2 aromatic rings. The molecule has 1 amide bonds. The quantitative estimate of drug-likeness (QED) is 0.913. The fourth-order valence-corrected chi connectivity index (χ4v) is 2.50. The van der Waals surface area contributed by atoms with Crippen LogP contribution in [0.25, 0.3) is 0 Å². The van der Waals surface area contributed by atoms with E-state index in [4.69, 9.17) is 21.1 Å². The standard InChI is InChI=1S/C16H17ClN4O3/c1-23-12-4-2-3-11(9-12)19-15(22)14-13(17)10-18-16(20-14)21-5-7-24-8-6-21/h2-4,9-10H,5-8H2,1H3,(H,19,22). The molecule has 0 aliphatic carbocycles. The molecule has 2 heterocycles. The molecule has 0 spiro atoms. The summed E-state index contributed by atoms with van der Waals surface area (Å²) >= 11 is 6.10. The molecule has 1 fully saturated rings. The molecule has 0 atom stereocenters. The number of nitrogens with zero attached hydrogens (tertiary/aromatic N) is 3. The molecule has 7 nitrogen and oxygen atoms in total. The molecule has 1 saturated heterocycles. The number of morpholine rings is 1. The molecule has 0 radical (unpaired) electrons. The lowest BCUT2D eigenvalue weighted by Crippen LogP contribution is -2.37. The van der Waals surface area contributed by atoms with Crippen LogP contribution in [0.2, 0.25) is 5.02 Å². The first kappa shape index (κ1) is 16.5. The summed E-state index contributed by atoms with van der Waals surface area (Å²) in [5.74, 6) is 0.722. The van der Waals surface area contributed by atoms with E-state index >= 15 is 0 Å². The van der Waals surface area contributed by atoms with Crippen molar-refractivity contribution in [3.05, 3.63) is 41.2 Å². The fraction of sp³-hybridized carbons (Fsp3) is 0.312. The van der Waals surface area contributed by atoms with Gasteiger partial charge in [-0.1, -0.05) is 17.7 Å². The summed E-state index contributed by atoms with van der Waals surface area (Å²) in [6.07, 6.45) is 1.44. The number of amides is 1. The number of anilines is 2. The van der Waals surface area contributed by atoms with Crippen LogP contribution in [0.3, 0.4) is 0 Å². The molecule has 1 aromatic heterocycles. The second-order valence-corrected chi connectivity index (χ2v) is 5.56. The van der Waals surface area contributed by atoms with Crippen LogP contribution in [0.15, 0.2) is 30.5 Å². The molecule has 126 valence electrons. The number of methoxy groups -OCH3 is 1. The molecule has 8 heteroatoms. The highest BCUT2D eigenvalue weighted by atomic mass is 35.5. The SMILES string of the molecule is COc1cccc(NC(=O)c2nc(N3CCOCC3)ncc2Cl)c1. The Morgan fingerprint density at radius 1 is 1.38 bits per heavy atom. The summed E-state index contributed by atoms with van der Waals surface area (Å²) in [5.41, 5.74) is 0.734. The summed E-state index contributed by atoms with van der Waals surface area (Å²) in [7, 11) is 1.57. The predicted molar refractivity (Wildman–Crippen MR) is 91.0 cm³/mol. The van der Waals surface area contributed by atoms with E-state index in [9.17, 15) is 4.79 Å². The zero-order valence-corrected chi connectivity index (χ0v) is 13.9. The molecule has 0 unspecified atom stereocenters. The third-order valence-electron chi connectivity index (χ3n) is 3.57. The summed E-state index contributed by atoms with van der Waals surface area (Å²) < 4.78 is 10.5. The maximum Gasteiger partial charge on any atom is 0.276 e. The van der Waals surface area contributed by atoms with Crippen LogP contribution in [0.5, 0.6) is 5.75 Å². The van der Waals surface area contributed by atoms with Gasteiger partial charge in [0.2, 0.25) is 5.95 Å². The predicted octanol–water partition coefficient (Wildman–Crippen LogP) is 2.23. The van der Waals surface area contributed by atoms with Gasteiger partial charge in [0.1, 0.15) is 5.75 Å². The molecular weight excluding hydrogens is 332 g/mol. The fourth-order valence-electron chi connectivity index (χ4n) is 2.32. The first-order valence-electron chi connectivity index (χ1n) is 7.48. The lowest BCUT2D eigenvalue weighted by molar-refractivity contribution is 0.102. The Bertz CT molecular complexity index is 735. The van der Waals surface area contributed by atoms with E-state index in [2.05, 4.69) is 15.3 Å². The first-order chi connectivity index (χ1) is 11.7. The van der Waals surface area contributed by atoms with E-state index < -0.39 is 5.91 Å². The smallest absolute Gasteiger partial charge is 0.276 e. The second-order valence-electron chi connectivity index (χ2n) is 5.15. The van der Waals surface area contributed by atoms with Crippen molar-refractivity contribution in [3.8, 4) is 5.75 Å². The lowest BCUT2D eigenvalue weighted by atomic mass is 10.3. The van der Waals surface area contributed by atoms with Crippen molar-refractivity contribution in [1.82, 2.24) is 9.97 Å². The molecule has 24 heavy (non-hydrogen) atoms. The van der Waals surface area contributed by atoms with Crippen LogP contribution in [0.4, 0.5) is 11.6 Å². The van der Waals surface area contributed by atoms with Gasteiger partial charge in [0.15, 0.2) is 5.69 Å². The average Bonchev–Trinajstić information content (AvgIpc) is 2.63. The van der Waals surface area contributed by atoms with Crippen molar-refractivity contribution in [2.75, 3.05) is 43.6 Å². The van der Waals surface area contributed by atoms with Crippen LogP contribution < -0.4 is 15.0 Å². The van der Waals surface area contributed by atoms with Crippen molar-refractivity contribution in [1.29, 1.82) is 0 Å². The van der Waals surface area contributed by atoms with Gasteiger partial charge in [-0.25, -0.2) is 9.97 Å².